The number of anilines is 1. The van der Waals surface area contributed by atoms with E-state index in [2.05, 4.69) is 4.98 Å². The third-order valence-corrected chi connectivity index (χ3v) is 5.24. The minimum Gasteiger partial charge on any atom is -0.497 e. The van der Waals surface area contributed by atoms with E-state index in [1.165, 1.54) is 12.0 Å². The molecule has 1 amide bonds. The van der Waals surface area contributed by atoms with Crippen molar-refractivity contribution in [3.63, 3.8) is 0 Å². The quantitative estimate of drug-likeness (QED) is 0.520. The summed E-state index contributed by atoms with van der Waals surface area (Å²) < 4.78 is 11.0. The molecule has 1 heterocycles. The van der Waals surface area contributed by atoms with E-state index in [1.807, 2.05) is 19.1 Å². The lowest BCUT2D eigenvalue weighted by Gasteiger charge is -2.21. The van der Waals surface area contributed by atoms with Gasteiger partial charge in [-0.3, -0.25) is 9.59 Å². The molecule has 0 saturated heterocycles. The summed E-state index contributed by atoms with van der Waals surface area (Å²) in [5, 5.41) is 9.45. The monoisotopic (exact) mass is 434 g/mol. The molecule has 166 valence electrons. The zero-order valence-corrected chi connectivity index (χ0v) is 18.3. The van der Waals surface area contributed by atoms with Gasteiger partial charge in [-0.05, 0) is 60.9 Å². The van der Waals surface area contributed by atoms with E-state index in [4.69, 9.17) is 9.47 Å². The summed E-state index contributed by atoms with van der Waals surface area (Å²) >= 11 is 0. The molecule has 0 aliphatic rings. The maximum Gasteiger partial charge on any atom is 0.306 e. The Balaban J connectivity index is 1.83. The number of benzene rings is 2. The van der Waals surface area contributed by atoms with Gasteiger partial charge in [0.2, 0.25) is 5.88 Å². The second kappa shape index (κ2) is 10.4. The Labute approximate surface area is 187 Å². The first-order valence-electron chi connectivity index (χ1n) is 10.3. The maximum atomic E-state index is 13.3. The highest BCUT2D eigenvalue weighted by Crippen LogP contribution is 2.27. The number of carboxylic acid groups (broad SMARTS) is 1. The summed E-state index contributed by atoms with van der Waals surface area (Å²) in [5.74, 6) is -0.0791. The van der Waals surface area contributed by atoms with Gasteiger partial charge in [-0.25, -0.2) is 4.98 Å². The van der Waals surface area contributed by atoms with Crippen molar-refractivity contribution >= 4 is 17.6 Å². The number of nitrogens with zero attached hydrogens (tertiary/aromatic N) is 2. The van der Waals surface area contributed by atoms with Crippen molar-refractivity contribution in [2.45, 2.75) is 19.8 Å². The normalized spacial score (nSPS) is 11.5. The number of methoxy groups -OCH3 is 1. The van der Waals surface area contributed by atoms with Crippen LogP contribution >= 0.6 is 0 Å². The summed E-state index contributed by atoms with van der Waals surface area (Å²) in [5.41, 5.74) is 1.76. The van der Waals surface area contributed by atoms with E-state index in [1.54, 1.807) is 61.8 Å². The lowest BCUT2D eigenvalue weighted by molar-refractivity contribution is -0.141. The molecular formula is C25H26N2O5. The van der Waals surface area contributed by atoms with Crippen molar-refractivity contribution in [1.29, 1.82) is 0 Å². The number of hydrogen-bond acceptors (Lipinski definition) is 5. The number of carboxylic acids is 1. The van der Waals surface area contributed by atoms with E-state index in [0.29, 0.717) is 40.6 Å². The van der Waals surface area contributed by atoms with Gasteiger partial charge in [0.25, 0.3) is 5.91 Å². The Morgan fingerprint density at radius 3 is 2.38 bits per heavy atom. The Kier molecular flexibility index (Phi) is 7.44. The number of carbonyl (C=O) groups is 2. The van der Waals surface area contributed by atoms with Crippen molar-refractivity contribution in [2.24, 2.45) is 5.92 Å². The Hall–Kier alpha value is -3.87. The minimum atomic E-state index is -0.876. The van der Waals surface area contributed by atoms with Crippen molar-refractivity contribution in [1.82, 2.24) is 4.98 Å². The second-order valence-corrected chi connectivity index (χ2v) is 7.30. The van der Waals surface area contributed by atoms with Gasteiger partial charge in [-0.1, -0.05) is 19.1 Å². The van der Waals surface area contributed by atoms with Gasteiger partial charge in [-0.2, -0.15) is 0 Å². The number of aliphatic carboxylic acids is 1. The molecule has 0 saturated carbocycles. The summed E-state index contributed by atoms with van der Waals surface area (Å²) in [6.45, 7) is 1.82. The van der Waals surface area contributed by atoms with Crippen LogP contribution < -0.4 is 14.4 Å². The van der Waals surface area contributed by atoms with Crippen molar-refractivity contribution in [2.75, 3.05) is 19.1 Å². The Bertz CT molecular complexity index is 1070. The zero-order chi connectivity index (χ0) is 23.1. The highest BCUT2D eigenvalue weighted by molar-refractivity contribution is 6.07. The van der Waals surface area contributed by atoms with E-state index in [9.17, 15) is 14.7 Å². The largest absolute Gasteiger partial charge is 0.497 e. The maximum absolute atomic E-state index is 13.3. The summed E-state index contributed by atoms with van der Waals surface area (Å²) in [4.78, 5) is 30.5. The number of ether oxygens (including phenoxy) is 2. The minimum absolute atomic E-state index is 0.252. The van der Waals surface area contributed by atoms with Crippen LogP contribution in [0.3, 0.4) is 0 Å². The average Bonchev–Trinajstić information content (AvgIpc) is 2.82. The highest BCUT2D eigenvalue weighted by Gasteiger charge is 2.23. The predicted molar refractivity (Wildman–Crippen MR) is 122 cm³/mol. The molecule has 0 radical (unpaired) electrons. The van der Waals surface area contributed by atoms with Crippen LogP contribution in [0.5, 0.6) is 17.4 Å². The average molecular weight is 434 g/mol. The molecule has 7 nitrogen and oxygen atoms in total. The molecule has 0 aliphatic heterocycles. The zero-order valence-electron chi connectivity index (χ0n) is 18.3. The fraction of sp³-hybridized carbons (Fsp3) is 0.240. The Morgan fingerprint density at radius 2 is 1.78 bits per heavy atom. The van der Waals surface area contributed by atoms with Crippen LogP contribution in [0.25, 0.3) is 0 Å². The first-order valence-corrected chi connectivity index (χ1v) is 10.3. The second-order valence-electron chi connectivity index (χ2n) is 7.30. The lowest BCUT2D eigenvalue weighted by Crippen LogP contribution is -2.28. The molecule has 0 aliphatic carbocycles. The van der Waals surface area contributed by atoms with Crippen LogP contribution in [-0.2, 0) is 11.2 Å². The highest BCUT2D eigenvalue weighted by atomic mass is 16.5. The van der Waals surface area contributed by atoms with E-state index >= 15 is 0 Å². The van der Waals surface area contributed by atoms with Crippen LogP contribution in [-0.4, -0.2) is 36.1 Å². The van der Waals surface area contributed by atoms with Crippen molar-refractivity contribution in [3.8, 4) is 17.4 Å². The molecule has 7 heteroatoms. The third-order valence-electron chi connectivity index (χ3n) is 5.24. The summed E-state index contributed by atoms with van der Waals surface area (Å²) in [6, 6.07) is 17.6. The number of hydrogen-bond donors (Lipinski definition) is 1. The summed E-state index contributed by atoms with van der Waals surface area (Å²) in [7, 11) is 3.20. The molecule has 2 aromatic carbocycles. The Morgan fingerprint density at radius 1 is 1.06 bits per heavy atom. The van der Waals surface area contributed by atoms with Gasteiger partial charge in [-0.15, -0.1) is 0 Å². The molecule has 32 heavy (non-hydrogen) atoms. The SMILES string of the molecule is CCC(Cc1ccc(OC)cc1C(=O)N(C)c1ccc(Oc2ccccn2)cc1)C(=O)O. The van der Waals surface area contributed by atoms with E-state index in [0.717, 1.165) is 0 Å². The summed E-state index contributed by atoms with van der Waals surface area (Å²) in [6.07, 6.45) is 2.39. The number of carbonyl (C=O) groups excluding carboxylic acids is 1. The van der Waals surface area contributed by atoms with Gasteiger partial charge in [0.05, 0.1) is 13.0 Å². The van der Waals surface area contributed by atoms with Gasteiger partial charge in [0.15, 0.2) is 0 Å². The first kappa shape index (κ1) is 22.8. The predicted octanol–water partition coefficient (Wildman–Crippen LogP) is 4.81. The molecule has 0 bridgehead atoms. The van der Waals surface area contributed by atoms with Gasteiger partial charge in [0.1, 0.15) is 11.5 Å². The van der Waals surface area contributed by atoms with Crippen LogP contribution in [0, 0.1) is 5.92 Å². The van der Waals surface area contributed by atoms with Gasteiger partial charge < -0.3 is 19.5 Å². The molecule has 3 rings (SSSR count). The molecule has 1 atom stereocenters. The fourth-order valence-corrected chi connectivity index (χ4v) is 3.30. The van der Waals surface area contributed by atoms with E-state index < -0.39 is 11.9 Å². The molecular weight excluding hydrogens is 408 g/mol. The molecule has 1 aromatic heterocycles. The third kappa shape index (κ3) is 5.43. The smallest absolute Gasteiger partial charge is 0.306 e. The number of amides is 1. The molecule has 0 spiro atoms. The number of aromatic nitrogens is 1. The van der Waals surface area contributed by atoms with Crippen LogP contribution in [0.1, 0.15) is 29.3 Å². The fourth-order valence-electron chi connectivity index (χ4n) is 3.30. The number of pyridine rings is 1. The van der Waals surface area contributed by atoms with Gasteiger partial charge in [0, 0.05) is 30.6 Å². The van der Waals surface area contributed by atoms with Crippen LogP contribution in [0.2, 0.25) is 0 Å². The molecule has 1 unspecified atom stereocenters. The topological polar surface area (TPSA) is 89.0 Å². The van der Waals surface area contributed by atoms with Crippen LogP contribution in [0.4, 0.5) is 5.69 Å². The molecule has 1 N–H and O–H groups in total. The van der Waals surface area contributed by atoms with E-state index in [-0.39, 0.29) is 12.3 Å². The molecule has 3 aromatic rings. The van der Waals surface area contributed by atoms with Crippen molar-refractivity contribution in [3.05, 3.63) is 78.0 Å². The van der Waals surface area contributed by atoms with Crippen LogP contribution in [0.15, 0.2) is 66.9 Å². The standard InChI is InChI=1S/C25H26N2O5/c1-4-17(25(29)30)15-18-8-11-21(31-3)16-22(18)24(28)27(2)19-9-12-20(13-10-19)32-23-7-5-6-14-26-23/h5-14,16-17H,4,15H2,1-3H3,(H,29,30). The lowest BCUT2D eigenvalue weighted by atomic mass is 9.93. The van der Waals surface area contributed by atoms with Crippen molar-refractivity contribution < 1.29 is 24.2 Å². The van der Waals surface area contributed by atoms with Gasteiger partial charge >= 0.3 is 5.97 Å². The molecule has 0 fully saturated rings. The number of rotatable bonds is 9. The first-order chi connectivity index (χ1) is 15.4.